The van der Waals surface area contributed by atoms with Crippen LogP contribution in [0.4, 0.5) is 4.79 Å². The number of hydrogen-bond acceptors (Lipinski definition) is 4. The van der Waals surface area contributed by atoms with Crippen LogP contribution in [0.15, 0.2) is 47.9 Å². The molecule has 1 aliphatic heterocycles. The highest BCUT2D eigenvalue weighted by Gasteiger charge is 2.52. The molecule has 2 aromatic rings. The number of benzene rings is 2. The fraction of sp³-hybridized carbons (Fsp3) is 0.444. The zero-order valence-electron chi connectivity index (χ0n) is 20.7. The van der Waals surface area contributed by atoms with E-state index in [1.165, 1.54) is 22.3 Å². The Morgan fingerprint density at radius 3 is 2.33 bits per heavy atom. The predicted molar refractivity (Wildman–Crippen MR) is 133 cm³/mol. The first-order chi connectivity index (χ1) is 15.3. The summed E-state index contributed by atoms with van der Waals surface area (Å²) >= 11 is 0. The summed E-state index contributed by atoms with van der Waals surface area (Å²) in [6, 6.07) is 15.0. The monoisotopic (exact) mass is 447 g/mol. The fourth-order valence-electron chi connectivity index (χ4n) is 4.15. The third-order valence-electron chi connectivity index (χ3n) is 6.56. The van der Waals surface area contributed by atoms with Gasteiger partial charge in [-0.3, -0.25) is 0 Å². The highest BCUT2D eigenvalue weighted by molar-refractivity contribution is 6.56. The molecule has 1 amide bonds. The third kappa shape index (κ3) is 5.02. The van der Waals surface area contributed by atoms with E-state index in [4.69, 9.17) is 14.0 Å². The molecule has 2 aromatic carbocycles. The van der Waals surface area contributed by atoms with Gasteiger partial charge in [0, 0.05) is 6.54 Å². The first-order valence-corrected chi connectivity index (χ1v) is 11.6. The van der Waals surface area contributed by atoms with Crippen LogP contribution >= 0.6 is 0 Å². The normalized spacial score (nSPS) is 18.6. The Morgan fingerprint density at radius 1 is 1.03 bits per heavy atom. The van der Waals surface area contributed by atoms with Gasteiger partial charge in [0.25, 0.3) is 0 Å². The standard InChI is InChI=1S/C27H34BNO4/c1-25(2,3)31-24(30)29-17-21(28-32-26(4,5)27(6,7)33-28)15-18-12-13-23-20(14-18)16-19-10-8-9-11-22(19)23/h8-15H,16-17H2,1-7H3,(H,29,30). The summed E-state index contributed by atoms with van der Waals surface area (Å²) in [4.78, 5) is 12.3. The Bertz CT molecular complexity index is 1080. The zero-order valence-corrected chi connectivity index (χ0v) is 20.7. The fourth-order valence-corrected chi connectivity index (χ4v) is 4.15. The summed E-state index contributed by atoms with van der Waals surface area (Å²) in [7, 11) is -0.560. The zero-order chi connectivity index (χ0) is 24.0. The predicted octanol–water partition coefficient (Wildman–Crippen LogP) is 5.80. The molecule has 0 bridgehead atoms. The van der Waals surface area contributed by atoms with Gasteiger partial charge in [-0.15, -0.1) is 0 Å². The molecule has 2 aliphatic rings. The molecule has 0 atom stereocenters. The van der Waals surface area contributed by atoms with Crippen molar-refractivity contribution in [2.75, 3.05) is 6.54 Å². The van der Waals surface area contributed by atoms with Gasteiger partial charge in [0.05, 0.1) is 11.2 Å². The molecule has 174 valence electrons. The van der Waals surface area contributed by atoms with Gasteiger partial charge in [0.1, 0.15) is 5.60 Å². The van der Waals surface area contributed by atoms with Crippen LogP contribution in [0.25, 0.3) is 17.2 Å². The maximum atomic E-state index is 12.3. The molecule has 1 saturated heterocycles. The molecule has 4 rings (SSSR count). The van der Waals surface area contributed by atoms with Crippen LogP contribution in [0.1, 0.15) is 65.2 Å². The summed E-state index contributed by atoms with van der Waals surface area (Å²) < 4.78 is 18.0. The summed E-state index contributed by atoms with van der Waals surface area (Å²) in [5, 5.41) is 2.87. The van der Waals surface area contributed by atoms with Gasteiger partial charge in [0.2, 0.25) is 0 Å². The van der Waals surface area contributed by atoms with Crippen molar-refractivity contribution in [1.82, 2.24) is 5.32 Å². The molecule has 0 radical (unpaired) electrons. The van der Waals surface area contributed by atoms with E-state index < -0.39 is 30.0 Å². The van der Waals surface area contributed by atoms with Crippen LogP contribution in [0.5, 0.6) is 0 Å². The molecular weight excluding hydrogens is 413 g/mol. The second-order valence-corrected chi connectivity index (χ2v) is 10.9. The van der Waals surface area contributed by atoms with Crippen molar-refractivity contribution < 1.29 is 18.8 Å². The van der Waals surface area contributed by atoms with Crippen molar-refractivity contribution in [3.63, 3.8) is 0 Å². The van der Waals surface area contributed by atoms with Crippen LogP contribution in [0, 0.1) is 0 Å². The molecule has 1 aliphatic carbocycles. The van der Waals surface area contributed by atoms with Gasteiger partial charge in [-0.1, -0.05) is 48.5 Å². The molecule has 1 fully saturated rings. The topological polar surface area (TPSA) is 56.8 Å². The van der Waals surface area contributed by atoms with Crippen LogP contribution in [-0.2, 0) is 20.5 Å². The van der Waals surface area contributed by atoms with Gasteiger partial charge in [-0.25, -0.2) is 4.79 Å². The van der Waals surface area contributed by atoms with Crippen molar-refractivity contribution >= 4 is 19.3 Å². The van der Waals surface area contributed by atoms with Crippen LogP contribution in [-0.4, -0.2) is 36.6 Å². The molecule has 1 N–H and O–H groups in total. The Kier molecular flexibility index (Phi) is 5.96. The first-order valence-electron chi connectivity index (χ1n) is 11.6. The van der Waals surface area contributed by atoms with Gasteiger partial charge in [0.15, 0.2) is 0 Å². The van der Waals surface area contributed by atoms with Crippen molar-refractivity contribution in [3.8, 4) is 11.1 Å². The third-order valence-corrected chi connectivity index (χ3v) is 6.56. The SMILES string of the molecule is CC(C)(C)OC(=O)NCC(=Cc1ccc2c(c1)Cc1ccccc1-2)B1OC(C)(C)C(C)(C)O1. The van der Waals surface area contributed by atoms with E-state index in [0.717, 1.165) is 17.5 Å². The smallest absolute Gasteiger partial charge is 0.444 e. The number of amides is 1. The average Bonchev–Trinajstić information content (AvgIpc) is 3.16. The van der Waals surface area contributed by atoms with E-state index in [9.17, 15) is 4.79 Å². The Morgan fingerprint density at radius 2 is 1.67 bits per heavy atom. The summed E-state index contributed by atoms with van der Waals surface area (Å²) in [5.41, 5.74) is 5.64. The minimum absolute atomic E-state index is 0.267. The number of carbonyl (C=O) groups excluding carboxylic acids is 1. The molecular formula is C27H34BNO4. The van der Waals surface area contributed by atoms with Crippen LogP contribution in [0.3, 0.4) is 0 Å². The lowest BCUT2D eigenvalue weighted by molar-refractivity contribution is 0.00578. The van der Waals surface area contributed by atoms with E-state index in [2.05, 4.69) is 53.9 Å². The second-order valence-electron chi connectivity index (χ2n) is 10.9. The maximum Gasteiger partial charge on any atom is 0.492 e. The van der Waals surface area contributed by atoms with Crippen LogP contribution < -0.4 is 5.32 Å². The van der Waals surface area contributed by atoms with Gasteiger partial charge in [-0.05, 0) is 88.2 Å². The summed E-state index contributed by atoms with van der Waals surface area (Å²) in [6.07, 6.45) is 2.52. The van der Waals surface area contributed by atoms with E-state index in [1.807, 2.05) is 48.5 Å². The molecule has 1 heterocycles. The number of alkyl carbamates (subject to hydrolysis) is 1. The average molecular weight is 447 g/mol. The molecule has 0 unspecified atom stereocenters. The van der Waals surface area contributed by atoms with Gasteiger partial charge < -0.3 is 19.4 Å². The Balaban J connectivity index is 1.61. The lowest BCUT2D eigenvalue weighted by atomic mass is 9.77. The number of rotatable bonds is 4. The van der Waals surface area contributed by atoms with Crippen LogP contribution in [0.2, 0.25) is 0 Å². The van der Waals surface area contributed by atoms with Crippen molar-refractivity contribution in [1.29, 1.82) is 0 Å². The molecule has 33 heavy (non-hydrogen) atoms. The molecule has 6 heteroatoms. The minimum atomic E-state index is -0.562. The molecule has 5 nitrogen and oxygen atoms in total. The van der Waals surface area contributed by atoms with E-state index in [0.29, 0.717) is 0 Å². The largest absolute Gasteiger partial charge is 0.492 e. The number of carbonyl (C=O) groups is 1. The molecule has 0 aromatic heterocycles. The number of nitrogens with one attached hydrogen (secondary N) is 1. The van der Waals surface area contributed by atoms with E-state index in [1.54, 1.807) is 0 Å². The van der Waals surface area contributed by atoms with Gasteiger partial charge >= 0.3 is 13.2 Å². The molecule has 0 spiro atoms. The van der Waals surface area contributed by atoms with Crippen molar-refractivity contribution in [2.24, 2.45) is 0 Å². The minimum Gasteiger partial charge on any atom is -0.444 e. The van der Waals surface area contributed by atoms with Crippen molar-refractivity contribution in [2.45, 2.75) is 71.7 Å². The number of fused-ring (bicyclic) bond motifs is 3. The first kappa shape index (κ1) is 23.6. The Hall–Kier alpha value is -2.57. The second kappa shape index (κ2) is 8.34. The number of ether oxygens (including phenoxy) is 1. The highest BCUT2D eigenvalue weighted by atomic mass is 16.7. The Labute approximate surface area is 197 Å². The van der Waals surface area contributed by atoms with E-state index >= 15 is 0 Å². The quantitative estimate of drug-likeness (QED) is 0.514. The molecule has 0 saturated carbocycles. The van der Waals surface area contributed by atoms with Gasteiger partial charge in [-0.2, -0.15) is 0 Å². The highest BCUT2D eigenvalue weighted by Crippen LogP contribution is 2.40. The summed E-state index contributed by atoms with van der Waals surface area (Å²) in [5.74, 6) is 0. The van der Waals surface area contributed by atoms with Crippen molar-refractivity contribution in [3.05, 3.63) is 64.6 Å². The summed E-state index contributed by atoms with van der Waals surface area (Å²) in [6.45, 7) is 13.9. The van der Waals surface area contributed by atoms with E-state index in [-0.39, 0.29) is 6.54 Å². The lowest BCUT2D eigenvalue weighted by Crippen LogP contribution is -2.41. The number of hydrogen-bond donors (Lipinski definition) is 1. The maximum absolute atomic E-state index is 12.3. The lowest BCUT2D eigenvalue weighted by Gasteiger charge is -2.32.